The maximum absolute atomic E-state index is 12.3. The van der Waals surface area contributed by atoms with Crippen LogP contribution in [0.15, 0.2) is 18.2 Å². The second-order valence-electron chi connectivity index (χ2n) is 3.13. The van der Waals surface area contributed by atoms with Gasteiger partial charge < -0.3 is 15.6 Å². The van der Waals surface area contributed by atoms with E-state index < -0.39 is 35.9 Å². The smallest absolute Gasteiger partial charge is 0.508 e. The van der Waals surface area contributed by atoms with Crippen molar-refractivity contribution in [2.45, 2.75) is 18.8 Å². The SMILES string of the molecule is N[C@H](c1cc(OC(F)(F)F)ccc1O)C(F)F. The summed E-state index contributed by atoms with van der Waals surface area (Å²) < 4.78 is 63.7. The molecule has 1 aromatic rings. The van der Waals surface area contributed by atoms with Crippen molar-refractivity contribution in [2.24, 2.45) is 5.73 Å². The van der Waals surface area contributed by atoms with Crippen LogP contribution < -0.4 is 10.5 Å². The summed E-state index contributed by atoms with van der Waals surface area (Å²) in [4.78, 5) is 0. The molecule has 8 heteroatoms. The first-order valence-corrected chi connectivity index (χ1v) is 4.33. The molecule has 0 saturated carbocycles. The predicted octanol–water partition coefficient (Wildman–Crippen LogP) is 2.56. The molecule has 0 aliphatic carbocycles. The van der Waals surface area contributed by atoms with Crippen molar-refractivity contribution in [3.05, 3.63) is 23.8 Å². The molecule has 0 aliphatic heterocycles. The normalized spacial score (nSPS) is 13.8. The monoisotopic (exact) mass is 257 g/mol. The summed E-state index contributed by atoms with van der Waals surface area (Å²) in [6, 6.07) is 0.342. The van der Waals surface area contributed by atoms with Crippen molar-refractivity contribution in [2.75, 3.05) is 0 Å². The van der Waals surface area contributed by atoms with Gasteiger partial charge in [-0.15, -0.1) is 13.2 Å². The third-order valence-corrected chi connectivity index (χ3v) is 1.86. The molecule has 0 radical (unpaired) electrons. The third kappa shape index (κ3) is 3.74. The first-order chi connectivity index (χ1) is 7.70. The molecule has 0 bridgehead atoms. The minimum absolute atomic E-state index is 0.512. The number of hydrogen-bond acceptors (Lipinski definition) is 3. The largest absolute Gasteiger partial charge is 0.573 e. The van der Waals surface area contributed by atoms with Crippen molar-refractivity contribution in [1.82, 2.24) is 0 Å². The molecule has 1 aromatic carbocycles. The number of nitrogens with two attached hydrogens (primary N) is 1. The van der Waals surface area contributed by atoms with Gasteiger partial charge in [0.15, 0.2) is 0 Å². The Hall–Kier alpha value is -1.57. The molecule has 3 nitrogen and oxygen atoms in total. The van der Waals surface area contributed by atoms with Gasteiger partial charge >= 0.3 is 6.36 Å². The summed E-state index contributed by atoms with van der Waals surface area (Å²) in [6.45, 7) is 0. The average molecular weight is 257 g/mol. The highest BCUT2D eigenvalue weighted by Gasteiger charge is 2.32. The number of rotatable bonds is 3. The maximum atomic E-state index is 12.3. The molecule has 0 aliphatic rings. The van der Waals surface area contributed by atoms with Crippen LogP contribution >= 0.6 is 0 Å². The first-order valence-electron chi connectivity index (χ1n) is 4.33. The Morgan fingerprint density at radius 1 is 1.24 bits per heavy atom. The fourth-order valence-corrected chi connectivity index (χ4v) is 1.13. The maximum Gasteiger partial charge on any atom is 0.573 e. The summed E-state index contributed by atoms with van der Waals surface area (Å²) in [7, 11) is 0. The second kappa shape index (κ2) is 4.74. The zero-order valence-corrected chi connectivity index (χ0v) is 8.21. The lowest BCUT2D eigenvalue weighted by Gasteiger charge is -2.15. The highest BCUT2D eigenvalue weighted by Crippen LogP contribution is 2.32. The molecule has 0 spiro atoms. The number of ether oxygens (including phenoxy) is 1. The topological polar surface area (TPSA) is 55.5 Å². The third-order valence-electron chi connectivity index (χ3n) is 1.86. The van der Waals surface area contributed by atoms with Crippen LogP contribution in [0.4, 0.5) is 22.0 Å². The van der Waals surface area contributed by atoms with E-state index in [1.54, 1.807) is 0 Å². The molecule has 0 heterocycles. The van der Waals surface area contributed by atoms with Crippen molar-refractivity contribution < 1.29 is 31.8 Å². The van der Waals surface area contributed by atoms with Gasteiger partial charge in [-0.2, -0.15) is 0 Å². The Bertz CT molecular complexity index is 393. The van der Waals surface area contributed by atoms with Gasteiger partial charge in [0.05, 0.1) is 6.04 Å². The minimum atomic E-state index is -4.94. The van der Waals surface area contributed by atoms with Gasteiger partial charge in [-0.3, -0.25) is 0 Å². The van der Waals surface area contributed by atoms with E-state index in [1.165, 1.54) is 0 Å². The molecule has 0 unspecified atom stereocenters. The second-order valence-corrected chi connectivity index (χ2v) is 3.13. The van der Waals surface area contributed by atoms with Gasteiger partial charge in [0.25, 0.3) is 6.43 Å². The van der Waals surface area contributed by atoms with E-state index in [1.807, 2.05) is 0 Å². The van der Waals surface area contributed by atoms with Crippen LogP contribution in [-0.2, 0) is 0 Å². The number of hydrogen-bond donors (Lipinski definition) is 2. The van der Waals surface area contributed by atoms with E-state index in [9.17, 15) is 27.1 Å². The van der Waals surface area contributed by atoms with Crippen LogP contribution in [0.1, 0.15) is 11.6 Å². The Labute approximate surface area is 92.6 Å². The van der Waals surface area contributed by atoms with Gasteiger partial charge in [0.1, 0.15) is 11.5 Å². The lowest BCUT2D eigenvalue weighted by atomic mass is 10.1. The summed E-state index contributed by atoms with van der Waals surface area (Å²) in [5.74, 6) is -1.34. The summed E-state index contributed by atoms with van der Waals surface area (Å²) in [6.07, 6.45) is -7.95. The van der Waals surface area contributed by atoms with Gasteiger partial charge in [-0.25, -0.2) is 8.78 Å². The Balaban J connectivity index is 3.02. The first kappa shape index (κ1) is 13.5. The summed E-state index contributed by atoms with van der Waals surface area (Å²) >= 11 is 0. The molecule has 0 saturated heterocycles. The quantitative estimate of drug-likeness (QED) is 0.818. The van der Waals surface area contributed by atoms with E-state index in [0.29, 0.717) is 6.07 Å². The van der Waals surface area contributed by atoms with Crippen LogP contribution in [0.5, 0.6) is 11.5 Å². The number of halogens is 5. The van der Waals surface area contributed by atoms with Crippen LogP contribution in [0.2, 0.25) is 0 Å². The van der Waals surface area contributed by atoms with Crippen molar-refractivity contribution in [3.63, 3.8) is 0 Å². The minimum Gasteiger partial charge on any atom is -0.508 e. The van der Waals surface area contributed by atoms with Crippen LogP contribution in [0.25, 0.3) is 0 Å². The molecule has 0 amide bonds. The van der Waals surface area contributed by atoms with Gasteiger partial charge in [0.2, 0.25) is 0 Å². The lowest BCUT2D eigenvalue weighted by molar-refractivity contribution is -0.274. The molecule has 1 rings (SSSR count). The van der Waals surface area contributed by atoms with E-state index in [-0.39, 0.29) is 0 Å². The fraction of sp³-hybridized carbons (Fsp3) is 0.333. The molecular weight excluding hydrogens is 249 g/mol. The molecule has 3 N–H and O–H groups in total. The molecule has 0 fully saturated rings. The van der Waals surface area contributed by atoms with Gasteiger partial charge in [-0.1, -0.05) is 0 Å². The number of alkyl halides is 5. The Morgan fingerprint density at radius 3 is 2.29 bits per heavy atom. The van der Waals surface area contributed by atoms with Crippen LogP contribution in [0, 0.1) is 0 Å². The van der Waals surface area contributed by atoms with Crippen LogP contribution in [0.3, 0.4) is 0 Å². The fourth-order valence-electron chi connectivity index (χ4n) is 1.13. The predicted molar refractivity (Wildman–Crippen MR) is 47.7 cm³/mol. The molecule has 17 heavy (non-hydrogen) atoms. The number of phenolic OH excluding ortho intramolecular Hbond substituents is 1. The molecular formula is C9H8F5NO2. The molecule has 96 valence electrons. The number of phenols is 1. The van der Waals surface area contributed by atoms with E-state index >= 15 is 0 Å². The Morgan fingerprint density at radius 2 is 1.82 bits per heavy atom. The van der Waals surface area contributed by atoms with Gasteiger partial charge in [0, 0.05) is 5.56 Å². The highest BCUT2D eigenvalue weighted by molar-refractivity contribution is 5.41. The standard InChI is InChI=1S/C9H8F5NO2/c10-8(11)7(15)5-3-4(1-2-6(5)16)17-9(12,13)14/h1-3,7-8,16H,15H2/t7-/m1/s1. The molecule has 1 atom stereocenters. The molecule has 0 aromatic heterocycles. The zero-order valence-electron chi connectivity index (χ0n) is 8.21. The van der Waals surface area contributed by atoms with Crippen molar-refractivity contribution >= 4 is 0 Å². The Kier molecular flexibility index (Phi) is 3.76. The zero-order chi connectivity index (χ0) is 13.2. The summed E-state index contributed by atoms with van der Waals surface area (Å²) in [5.41, 5.74) is 4.51. The highest BCUT2D eigenvalue weighted by atomic mass is 19.4. The van der Waals surface area contributed by atoms with Crippen molar-refractivity contribution in [3.8, 4) is 11.5 Å². The lowest BCUT2D eigenvalue weighted by Crippen LogP contribution is -2.20. The van der Waals surface area contributed by atoms with E-state index in [4.69, 9.17) is 5.73 Å². The van der Waals surface area contributed by atoms with E-state index in [0.717, 1.165) is 12.1 Å². The van der Waals surface area contributed by atoms with E-state index in [2.05, 4.69) is 4.74 Å². The van der Waals surface area contributed by atoms with Crippen molar-refractivity contribution in [1.29, 1.82) is 0 Å². The number of benzene rings is 1. The summed E-state index contributed by atoms with van der Waals surface area (Å²) in [5, 5.41) is 9.20. The number of aromatic hydroxyl groups is 1. The average Bonchev–Trinajstić information content (AvgIpc) is 2.17. The van der Waals surface area contributed by atoms with Crippen LogP contribution in [-0.4, -0.2) is 17.9 Å². The van der Waals surface area contributed by atoms with Gasteiger partial charge in [-0.05, 0) is 18.2 Å².